The van der Waals surface area contributed by atoms with Gasteiger partial charge >= 0.3 is 19.5 Å². The van der Waals surface area contributed by atoms with Crippen molar-refractivity contribution in [2.75, 3.05) is 0 Å². The van der Waals surface area contributed by atoms with E-state index in [0.717, 1.165) is 67.6 Å². The minimum Gasteiger partial charge on any atom is -1.00 e. The van der Waals surface area contributed by atoms with E-state index in [2.05, 4.69) is 42.6 Å². The van der Waals surface area contributed by atoms with Crippen molar-refractivity contribution in [3.63, 3.8) is 0 Å². The van der Waals surface area contributed by atoms with Crippen LogP contribution < -0.4 is 67.1 Å². The van der Waals surface area contributed by atoms with E-state index in [0.29, 0.717) is 0 Å². The summed E-state index contributed by atoms with van der Waals surface area (Å²) in [6, 6.07) is 12.2. The van der Waals surface area contributed by atoms with Gasteiger partial charge in [0.15, 0.2) is 0 Å². The zero-order chi connectivity index (χ0) is 26.0. The van der Waals surface area contributed by atoms with Gasteiger partial charge in [-0.25, -0.2) is 28.2 Å². The Bertz CT molecular complexity index is 1810. The van der Waals surface area contributed by atoms with Gasteiger partial charge in [0.1, 0.15) is 24.8 Å². The second-order valence-corrected chi connectivity index (χ2v) is 9.75. The number of aromatic nitrogens is 8. The van der Waals surface area contributed by atoms with E-state index in [1.54, 1.807) is 0 Å². The number of fused-ring (bicyclic) bond motifs is 8. The number of imidazole rings is 2. The topological polar surface area (TPSA) is 71.6 Å². The van der Waals surface area contributed by atoms with Crippen molar-refractivity contribution in [1.29, 1.82) is 0 Å². The first-order chi connectivity index (χ1) is 18.4. The molecule has 0 radical (unpaired) electrons. The molecule has 0 fully saturated rings. The monoisotopic (exact) mass is 816 g/mol. The molecule has 7 rings (SSSR count). The Labute approximate surface area is 284 Å². The van der Waals surface area contributed by atoms with Gasteiger partial charge in [-0.2, -0.15) is 0 Å². The van der Waals surface area contributed by atoms with Crippen molar-refractivity contribution >= 4 is 46.4 Å². The van der Waals surface area contributed by atoms with Gasteiger partial charge in [-0.3, -0.25) is 0 Å². The Kier molecular flexibility index (Phi) is 9.20. The van der Waals surface area contributed by atoms with E-state index in [1.165, 1.54) is 0 Å². The molecule has 0 unspecified atom stereocenters. The second kappa shape index (κ2) is 12.1. The maximum atomic E-state index is 5.00. The van der Waals surface area contributed by atoms with Crippen LogP contribution in [0.25, 0.3) is 69.1 Å². The normalized spacial score (nSPS) is 11.6. The number of aryl methyl sites for hydroxylation is 4. The summed E-state index contributed by atoms with van der Waals surface area (Å²) in [5.41, 5.74) is 8.84. The molecule has 0 amide bonds. The van der Waals surface area contributed by atoms with Crippen LogP contribution in [-0.4, -0.2) is 19.1 Å². The molecule has 41 heavy (non-hydrogen) atoms. The number of hydrogen-bond donors (Lipinski definition) is 0. The minimum atomic E-state index is 0. The van der Waals surface area contributed by atoms with Gasteiger partial charge in [-0.05, 0) is 24.3 Å². The Hall–Kier alpha value is -2.90. The minimum absolute atomic E-state index is 0. The smallest absolute Gasteiger partial charge is 1.00 e. The molecule has 8 nitrogen and oxygen atoms in total. The number of hydrogen-bond acceptors (Lipinski definition) is 2. The third kappa shape index (κ3) is 5.51. The SMILES string of the molecule is Cn1cc[n+](C)c1-c1c2nc(cc3ccc([n-]3)c(-c3n(C)cc[n+]3C)c3nc(cc4ccc1[n-]4)C=C3)C=C2.[I-].[I-].[Zn+2]. The zero-order valence-corrected chi connectivity index (χ0v) is 30.4. The molecule has 202 valence electrons. The number of nitrogens with zero attached hydrogens (tertiary/aromatic N) is 8. The summed E-state index contributed by atoms with van der Waals surface area (Å²) in [6.45, 7) is 0. The van der Waals surface area contributed by atoms with Crippen molar-refractivity contribution in [3.05, 3.63) is 84.0 Å². The van der Waals surface area contributed by atoms with E-state index in [1.807, 2.05) is 89.4 Å². The van der Waals surface area contributed by atoms with Crippen LogP contribution in [0.2, 0.25) is 0 Å². The Morgan fingerprint density at radius 2 is 1.05 bits per heavy atom. The predicted molar refractivity (Wildman–Crippen MR) is 148 cm³/mol. The molecule has 5 aromatic heterocycles. The average molecular weight is 818 g/mol. The van der Waals surface area contributed by atoms with Crippen LogP contribution >= 0.6 is 0 Å². The van der Waals surface area contributed by atoms with Crippen LogP contribution in [0.15, 0.2) is 61.2 Å². The molecule has 0 spiro atoms. The van der Waals surface area contributed by atoms with Crippen LogP contribution in [0.5, 0.6) is 0 Å². The Morgan fingerprint density at radius 3 is 1.41 bits per heavy atom. The summed E-state index contributed by atoms with van der Waals surface area (Å²) in [5, 5.41) is 0. The molecule has 8 bridgehead atoms. The molecule has 2 aliphatic rings. The van der Waals surface area contributed by atoms with Gasteiger partial charge in [0.05, 0.1) is 62.1 Å². The Balaban J connectivity index is 0.00000129. The van der Waals surface area contributed by atoms with Crippen molar-refractivity contribution in [3.8, 4) is 22.8 Å². The van der Waals surface area contributed by atoms with E-state index < -0.39 is 0 Å². The van der Waals surface area contributed by atoms with Gasteiger partial charge < -0.3 is 57.9 Å². The van der Waals surface area contributed by atoms with Crippen molar-refractivity contribution < 1.29 is 76.6 Å². The van der Waals surface area contributed by atoms with Crippen molar-refractivity contribution in [2.24, 2.45) is 28.2 Å². The van der Waals surface area contributed by atoms with E-state index >= 15 is 0 Å². The summed E-state index contributed by atoms with van der Waals surface area (Å²) in [5.74, 6) is 2.05. The molecule has 0 aromatic carbocycles. The molecule has 0 atom stereocenters. The van der Waals surface area contributed by atoms with Gasteiger partial charge in [-0.15, -0.1) is 22.1 Å². The molecule has 0 saturated heterocycles. The molecule has 0 aliphatic carbocycles. The van der Waals surface area contributed by atoms with Gasteiger partial charge in [0.25, 0.3) is 11.6 Å². The molecular formula is C30H26I2N8Zn. The third-order valence-electron chi connectivity index (χ3n) is 7.07. The summed E-state index contributed by atoms with van der Waals surface area (Å²) >= 11 is 0. The van der Waals surface area contributed by atoms with Crippen molar-refractivity contribution in [2.45, 2.75) is 0 Å². The van der Waals surface area contributed by atoms with E-state index in [-0.39, 0.29) is 67.4 Å². The predicted octanol–water partition coefficient (Wildman–Crippen LogP) is -2.42. The first-order valence-electron chi connectivity index (χ1n) is 12.5. The molecule has 0 saturated carbocycles. The largest absolute Gasteiger partial charge is 2.00 e. The maximum Gasteiger partial charge on any atom is 2.00 e. The standard InChI is InChI=1S/C30H26N8.2HI.Zn/c1-35-13-14-36(2)29(35)27-23-9-5-19(31-23)17-21-7-11-25(33-21)28(30-37(3)15-16-38(30)4)26-12-8-22(34-26)18-20-6-10-24(27)32-20;;;/h5-18H,1-4H3;2*1H;/q;;;+2/p-2. The average Bonchev–Trinajstić information content (AvgIpc) is 3.73. The Morgan fingerprint density at radius 1 is 0.634 bits per heavy atom. The zero-order valence-electron chi connectivity index (χ0n) is 23.1. The van der Waals surface area contributed by atoms with Gasteiger partial charge in [0, 0.05) is 0 Å². The van der Waals surface area contributed by atoms with Crippen LogP contribution in [-0.2, 0) is 47.7 Å². The van der Waals surface area contributed by atoms with Gasteiger partial charge in [-0.1, -0.05) is 36.4 Å². The molecule has 2 aliphatic heterocycles. The van der Waals surface area contributed by atoms with E-state index in [4.69, 9.17) is 19.9 Å². The fourth-order valence-corrected chi connectivity index (χ4v) is 5.30. The maximum absolute atomic E-state index is 5.00. The second-order valence-electron chi connectivity index (χ2n) is 9.75. The summed E-state index contributed by atoms with van der Waals surface area (Å²) in [7, 11) is 8.16. The fraction of sp³-hybridized carbons (Fsp3) is 0.133. The number of rotatable bonds is 2. The van der Waals surface area contributed by atoms with Crippen LogP contribution in [0, 0.1) is 0 Å². The first kappa shape index (κ1) is 31.0. The van der Waals surface area contributed by atoms with E-state index in [9.17, 15) is 0 Å². The molecular weight excluding hydrogens is 792 g/mol. The summed E-state index contributed by atoms with van der Waals surface area (Å²) in [6.07, 6.45) is 16.3. The summed E-state index contributed by atoms with van der Waals surface area (Å²) < 4.78 is 8.39. The summed E-state index contributed by atoms with van der Waals surface area (Å²) in [4.78, 5) is 20.0. The number of halogens is 2. The van der Waals surface area contributed by atoms with Crippen molar-refractivity contribution in [1.82, 2.24) is 29.1 Å². The molecule has 5 aromatic rings. The van der Waals surface area contributed by atoms with Gasteiger partial charge in [0.2, 0.25) is 0 Å². The quantitative estimate of drug-likeness (QED) is 0.111. The molecule has 0 N–H and O–H groups in total. The first-order valence-corrected chi connectivity index (χ1v) is 12.5. The fourth-order valence-electron chi connectivity index (χ4n) is 5.30. The van der Waals surface area contributed by atoms with Crippen LogP contribution in [0.4, 0.5) is 0 Å². The van der Waals surface area contributed by atoms with Crippen LogP contribution in [0.1, 0.15) is 22.8 Å². The molecule has 11 heteroatoms. The van der Waals surface area contributed by atoms with Crippen LogP contribution in [0.3, 0.4) is 0 Å². The molecule has 7 heterocycles. The third-order valence-corrected chi connectivity index (χ3v) is 7.07.